The second-order valence-electron chi connectivity index (χ2n) is 7.13. The third kappa shape index (κ3) is 4.13. The fraction of sp³-hybridized carbons (Fsp3) is 0.364. The van der Waals surface area contributed by atoms with Crippen LogP contribution in [0.1, 0.15) is 43.6 Å². The molecular formula is C22H25NO4. The highest BCUT2D eigenvalue weighted by Crippen LogP contribution is 2.32. The summed E-state index contributed by atoms with van der Waals surface area (Å²) >= 11 is 0. The van der Waals surface area contributed by atoms with E-state index in [1.165, 1.54) is 0 Å². The fourth-order valence-electron chi connectivity index (χ4n) is 3.32. The molecule has 5 nitrogen and oxygen atoms in total. The maximum absolute atomic E-state index is 12.9. The number of anilines is 1. The van der Waals surface area contributed by atoms with Gasteiger partial charge in [0.1, 0.15) is 5.75 Å². The van der Waals surface area contributed by atoms with Gasteiger partial charge in [-0.15, -0.1) is 0 Å². The van der Waals surface area contributed by atoms with Gasteiger partial charge >= 0.3 is 5.97 Å². The summed E-state index contributed by atoms with van der Waals surface area (Å²) in [4.78, 5) is 27.0. The average Bonchev–Trinajstić information content (AvgIpc) is 2.96. The summed E-state index contributed by atoms with van der Waals surface area (Å²) in [6, 6.07) is 14.6. The number of esters is 1. The molecule has 3 rings (SSSR count). The Morgan fingerprint density at radius 2 is 1.70 bits per heavy atom. The van der Waals surface area contributed by atoms with Crippen LogP contribution in [0.5, 0.6) is 5.75 Å². The van der Waals surface area contributed by atoms with Gasteiger partial charge in [-0.3, -0.25) is 4.79 Å². The number of fused-ring (bicyclic) bond motifs is 1. The van der Waals surface area contributed by atoms with E-state index in [4.69, 9.17) is 9.47 Å². The van der Waals surface area contributed by atoms with Crippen LogP contribution in [0.15, 0.2) is 48.5 Å². The van der Waals surface area contributed by atoms with E-state index in [1.807, 2.05) is 45.0 Å². The average molecular weight is 367 g/mol. The van der Waals surface area contributed by atoms with Gasteiger partial charge in [0.05, 0.1) is 11.7 Å². The van der Waals surface area contributed by atoms with Gasteiger partial charge < -0.3 is 14.4 Å². The molecule has 0 spiro atoms. The number of hydrogen-bond donors (Lipinski definition) is 0. The summed E-state index contributed by atoms with van der Waals surface area (Å²) in [6.07, 6.45) is 0.00311. The minimum absolute atomic E-state index is 0.0449. The van der Waals surface area contributed by atoms with Crippen molar-refractivity contribution in [3.63, 3.8) is 0 Å². The van der Waals surface area contributed by atoms with E-state index in [0.717, 1.165) is 17.7 Å². The Kier molecular flexibility index (Phi) is 5.49. The van der Waals surface area contributed by atoms with Gasteiger partial charge in [-0.05, 0) is 70.0 Å². The van der Waals surface area contributed by atoms with Crippen molar-refractivity contribution in [2.24, 2.45) is 0 Å². The van der Waals surface area contributed by atoms with Crippen LogP contribution < -0.4 is 9.64 Å². The Hall–Kier alpha value is -2.82. The number of hydrogen-bond acceptors (Lipinski definition) is 4. The summed E-state index contributed by atoms with van der Waals surface area (Å²) < 4.78 is 11.0. The molecule has 0 radical (unpaired) electrons. The summed E-state index contributed by atoms with van der Waals surface area (Å²) in [5, 5.41) is 0. The highest BCUT2D eigenvalue weighted by atomic mass is 16.5. The van der Waals surface area contributed by atoms with E-state index in [2.05, 4.69) is 0 Å². The van der Waals surface area contributed by atoms with Crippen molar-refractivity contribution in [1.29, 1.82) is 0 Å². The van der Waals surface area contributed by atoms with Crippen LogP contribution in [0.3, 0.4) is 0 Å². The molecule has 0 fully saturated rings. The van der Waals surface area contributed by atoms with Crippen LogP contribution >= 0.6 is 0 Å². The van der Waals surface area contributed by atoms with Crippen LogP contribution in [-0.2, 0) is 16.0 Å². The molecule has 0 saturated heterocycles. The Morgan fingerprint density at radius 1 is 1.04 bits per heavy atom. The molecule has 5 heteroatoms. The summed E-state index contributed by atoms with van der Waals surface area (Å²) in [5.41, 5.74) is 2.42. The lowest BCUT2D eigenvalue weighted by molar-refractivity contribution is -0.126. The van der Waals surface area contributed by atoms with Crippen molar-refractivity contribution >= 4 is 17.6 Å². The van der Waals surface area contributed by atoms with Crippen LogP contribution in [-0.4, -0.2) is 30.1 Å². The maximum atomic E-state index is 12.9. The molecule has 2 aromatic carbocycles. The molecular weight excluding hydrogens is 342 g/mol. The van der Waals surface area contributed by atoms with Crippen molar-refractivity contribution in [1.82, 2.24) is 0 Å². The molecule has 27 heavy (non-hydrogen) atoms. The molecule has 0 aromatic heterocycles. The number of para-hydroxylation sites is 1. The van der Waals surface area contributed by atoms with Gasteiger partial charge in [0.2, 0.25) is 0 Å². The highest BCUT2D eigenvalue weighted by Gasteiger charge is 2.34. The summed E-state index contributed by atoms with van der Waals surface area (Å²) in [5.74, 6) is -0.0409. The molecule has 0 unspecified atom stereocenters. The number of ether oxygens (including phenoxy) is 2. The second kappa shape index (κ2) is 7.82. The molecule has 1 aliphatic heterocycles. The first kappa shape index (κ1) is 19.0. The van der Waals surface area contributed by atoms with Crippen molar-refractivity contribution < 1.29 is 19.1 Å². The fourth-order valence-corrected chi connectivity index (χ4v) is 3.32. The SMILES string of the molecule is CC(C)Oc1ccc(C(=O)O[C@@H](C)C(=O)N2c3ccccc3C[C@H]2C)cc1. The molecule has 0 N–H and O–H groups in total. The quantitative estimate of drug-likeness (QED) is 0.750. The molecule has 0 saturated carbocycles. The van der Waals surface area contributed by atoms with Gasteiger partial charge in [-0.1, -0.05) is 18.2 Å². The highest BCUT2D eigenvalue weighted by molar-refractivity contribution is 6.00. The Labute approximate surface area is 159 Å². The summed E-state index contributed by atoms with van der Waals surface area (Å²) in [6.45, 7) is 7.49. The lowest BCUT2D eigenvalue weighted by Crippen LogP contribution is -2.43. The van der Waals surface area contributed by atoms with Crippen molar-refractivity contribution in [2.45, 2.75) is 52.4 Å². The number of benzene rings is 2. The Balaban J connectivity index is 1.67. The second-order valence-corrected chi connectivity index (χ2v) is 7.13. The summed E-state index contributed by atoms with van der Waals surface area (Å²) in [7, 11) is 0. The van der Waals surface area contributed by atoms with Gasteiger partial charge in [0.15, 0.2) is 6.10 Å². The number of amides is 1. The van der Waals surface area contributed by atoms with E-state index in [1.54, 1.807) is 36.1 Å². The first-order valence-corrected chi connectivity index (χ1v) is 9.25. The first-order chi connectivity index (χ1) is 12.9. The number of carbonyl (C=O) groups excluding carboxylic acids is 2. The van der Waals surface area contributed by atoms with Crippen molar-refractivity contribution in [3.05, 3.63) is 59.7 Å². The maximum Gasteiger partial charge on any atom is 0.338 e. The van der Waals surface area contributed by atoms with E-state index in [-0.39, 0.29) is 18.1 Å². The Bertz CT molecular complexity index is 828. The van der Waals surface area contributed by atoms with E-state index < -0.39 is 12.1 Å². The van der Waals surface area contributed by atoms with Gasteiger partial charge in [0.25, 0.3) is 5.91 Å². The molecule has 2 aromatic rings. The van der Waals surface area contributed by atoms with Crippen LogP contribution in [0.25, 0.3) is 0 Å². The number of rotatable bonds is 5. The smallest absolute Gasteiger partial charge is 0.338 e. The normalized spacial score (nSPS) is 16.8. The third-order valence-electron chi connectivity index (χ3n) is 4.54. The van der Waals surface area contributed by atoms with Crippen molar-refractivity contribution in [2.75, 3.05) is 4.90 Å². The molecule has 2 atom stereocenters. The molecule has 1 heterocycles. The number of nitrogens with zero attached hydrogens (tertiary/aromatic N) is 1. The van der Waals surface area contributed by atoms with Crippen LogP contribution in [0.2, 0.25) is 0 Å². The monoisotopic (exact) mass is 367 g/mol. The van der Waals surface area contributed by atoms with E-state index >= 15 is 0 Å². The topological polar surface area (TPSA) is 55.8 Å². The van der Waals surface area contributed by atoms with Crippen LogP contribution in [0, 0.1) is 0 Å². The number of carbonyl (C=O) groups is 2. The van der Waals surface area contributed by atoms with Crippen molar-refractivity contribution in [3.8, 4) is 5.75 Å². The molecule has 1 amide bonds. The molecule has 0 aliphatic carbocycles. The molecule has 0 bridgehead atoms. The third-order valence-corrected chi connectivity index (χ3v) is 4.54. The molecule has 142 valence electrons. The predicted molar refractivity (Wildman–Crippen MR) is 104 cm³/mol. The Morgan fingerprint density at radius 3 is 2.37 bits per heavy atom. The van der Waals surface area contributed by atoms with Gasteiger partial charge in [-0.2, -0.15) is 0 Å². The molecule has 1 aliphatic rings. The minimum atomic E-state index is -0.863. The zero-order chi connectivity index (χ0) is 19.6. The van der Waals surface area contributed by atoms with Crippen LogP contribution in [0.4, 0.5) is 5.69 Å². The predicted octanol–water partition coefficient (Wildman–Crippen LogP) is 4.00. The zero-order valence-electron chi connectivity index (χ0n) is 16.1. The lowest BCUT2D eigenvalue weighted by atomic mass is 10.1. The first-order valence-electron chi connectivity index (χ1n) is 9.25. The van der Waals surface area contributed by atoms with Gasteiger partial charge in [0, 0.05) is 11.7 Å². The van der Waals surface area contributed by atoms with E-state index in [9.17, 15) is 9.59 Å². The zero-order valence-corrected chi connectivity index (χ0v) is 16.1. The van der Waals surface area contributed by atoms with E-state index in [0.29, 0.717) is 11.3 Å². The largest absolute Gasteiger partial charge is 0.491 e. The minimum Gasteiger partial charge on any atom is -0.491 e. The standard InChI is InChI=1S/C22H25NO4/c1-14(2)26-19-11-9-17(10-12-19)22(25)27-16(4)21(24)23-15(3)13-18-7-5-6-8-20(18)23/h5-12,14-16H,13H2,1-4H3/t15-,16+/m1/s1. The van der Waals surface area contributed by atoms with Gasteiger partial charge in [-0.25, -0.2) is 4.79 Å². The lowest BCUT2D eigenvalue weighted by Gasteiger charge is -2.26.